The van der Waals surface area contributed by atoms with Gasteiger partial charge in [0.2, 0.25) is 5.88 Å². The summed E-state index contributed by atoms with van der Waals surface area (Å²) in [5.41, 5.74) is 2.10. The summed E-state index contributed by atoms with van der Waals surface area (Å²) in [5, 5.41) is 6.66. The van der Waals surface area contributed by atoms with Crippen molar-refractivity contribution in [3.8, 4) is 5.88 Å². The Morgan fingerprint density at radius 1 is 1.25 bits per heavy atom. The molecule has 2 N–H and O–H groups in total. The summed E-state index contributed by atoms with van der Waals surface area (Å²) < 4.78 is 19.1. The van der Waals surface area contributed by atoms with Crippen LogP contribution in [-0.4, -0.2) is 30.6 Å². The number of nitrogens with one attached hydrogen (secondary N) is 2. The molecule has 1 aromatic carbocycles. The molecule has 1 fully saturated rings. The highest BCUT2D eigenvalue weighted by atomic mass is 127. The topological polar surface area (TPSA) is 58.5 Å². The lowest BCUT2D eigenvalue weighted by atomic mass is 9.96. The zero-order valence-electron chi connectivity index (χ0n) is 16.5. The SMILES string of the molecule is CN=C(NCc1ccc(OC(C)C)nc1)NCC1(c2cccc(F)c2)CC1.I. The van der Waals surface area contributed by atoms with Crippen LogP contribution in [0.15, 0.2) is 47.6 Å². The molecule has 0 atom stereocenters. The van der Waals surface area contributed by atoms with Crippen molar-refractivity contribution >= 4 is 29.9 Å². The Balaban J connectivity index is 0.00000280. The second-order valence-corrected chi connectivity index (χ2v) is 7.24. The number of aromatic nitrogens is 1. The maximum absolute atomic E-state index is 13.5. The lowest BCUT2D eigenvalue weighted by Gasteiger charge is -2.19. The molecule has 0 unspecified atom stereocenters. The van der Waals surface area contributed by atoms with Crippen LogP contribution in [0.3, 0.4) is 0 Å². The first-order valence-corrected chi connectivity index (χ1v) is 9.33. The molecule has 1 heterocycles. The third-order valence-electron chi connectivity index (χ3n) is 4.72. The normalized spacial score (nSPS) is 15.0. The molecule has 28 heavy (non-hydrogen) atoms. The summed E-state index contributed by atoms with van der Waals surface area (Å²) in [6.07, 6.45) is 4.02. The molecule has 1 aromatic heterocycles. The van der Waals surface area contributed by atoms with Crippen molar-refractivity contribution in [1.29, 1.82) is 0 Å². The summed E-state index contributed by atoms with van der Waals surface area (Å²) in [6.45, 7) is 5.30. The molecule has 3 rings (SSSR count). The van der Waals surface area contributed by atoms with Crippen LogP contribution in [0.25, 0.3) is 0 Å². The molecule has 152 valence electrons. The van der Waals surface area contributed by atoms with Crippen LogP contribution in [-0.2, 0) is 12.0 Å². The molecule has 0 bridgehead atoms. The molecule has 1 aliphatic rings. The van der Waals surface area contributed by atoms with Crippen LogP contribution < -0.4 is 15.4 Å². The number of halogens is 2. The molecule has 7 heteroatoms. The second kappa shape index (κ2) is 10.0. The fraction of sp³-hybridized carbons (Fsp3) is 0.429. The van der Waals surface area contributed by atoms with E-state index in [1.54, 1.807) is 25.4 Å². The maximum Gasteiger partial charge on any atom is 0.213 e. The van der Waals surface area contributed by atoms with E-state index in [9.17, 15) is 4.39 Å². The van der Waals surface area contributed by atoms with Gasteiger partial charge in [0.05, 0.1) is 6.10 Å². The predicted molar refractivity (Wildman–Crippen MR) is 121 cm³/mol. The fourth-order valence-corrected chi connectivity index (χ4v) is 3.02. The summed E-state index contributed by atoms with van der Waals surface area (Å²) >= 11 is 0. The Morgan fingerprint density at radius 3 is 2.61 bits per heavy atom. The van der Waals surface area contributed by atoms with Gasteiger partial charge in [-0.05, 0) is 49.9 Å². The number of nitrogens with zero attached hydrogens (tertiary/aromatic N) is 2. The van der Waals surface area contributed by atoms with Crippen molar-refractivity contribution in [3.05, 3.63) is 59.5 Å². The fourth-order valence-electron chi connectivity index (χ4n) is 3.02. The largest absolute Gasteiger partial charge is 0.475 e. The van der Waals surface area contributed by atoms with Gasteiger partial charge in [-0.2, -0.15) is 0 Å². The van der Waals surface area contributed by atoms with E-state index >= 15 is 0 Å². The minimum Gasteiger partial charge on any atom is -0.475 e. The van der Waals surface area contributed by atoms with Gasteiger partial charge in [-0.3, -0.25) is 4.99 Å². The van der Waals surface area contributed by atoms with Crippen molar-refractivity contribution in [3.63, 3.8) is 0 Å². The third-order valence-corrected chi connectivity index (χ3v) is 4.72. The van der Waals surface area contributed by atoms with Crippen molar-refractivity contribution < 1.29 is 9.13 Å². The maximum atomic E-state index is 13.5. The molecule has 5 nitrogen and oxygen atoms in total. The number of aliphatic imine (C=N–C) groups is 1. The molecular weight excluding hydrogens is 470 g/mol. The van der Waals surface area contributed by atoms with Gasteiger partial charge < -0.3 is 15.4 Å². The number of rotatable bonds is 7. The Bertz CT molecular complexity index is 791. The molecule has 0 amide bonds. The monoisotopic (exact) mass is 498 g/mol. The Morgan fingerprint density at radius 2 is 2.04 bits per heavy atom. The number of guanidine groups is 1. The van der Waals surface area contributed by atoms with Crippen molar-refractivity contribution in [1.82, 2.24) is 15.6 Å². The van der Waals surface area contributed by atoms with Gasteiger partial charge in [0.1, 0.15) is 5.82 Å². The lowest BCUT2D eigenvalue weighted by Crippen LogP contribution is -2.40. The van der Waals surface area contributed by atoms with Crippen molar-refractivity contribution in [2.24, 2.45) is 4.99 Å². The van der Waals surface area contributed by atoms with Gasteiger partial charge in [-0.15, -0.1) is 24.0 Å². The van der Waals surface area contributed by atoms with Crippen molar-refractivity contribution in [2.45, 2.75) is 44.8 Å². The molecule has 1 saturated carbocycles. The lowest BCUT2D eigenvalue weighted by molar-refractivity contribution is 0.232. The highest BCUT2D eigenvalue weighted by Gasteiger charge is 2.44. The smallest absolute Gasteiger partial charge is 0.213 e. The number of hydrogen-bond acceptors (Lipinski definition) is 3. The molecule has 2 aromatic rings. The average molecular weight is 498 g/mol. The Labute approximate surface area is 183 Å². The summed E-state index contributed by atoms with van der Waals surface area (Å²) in [6, 6.07) is 10.8. The van der Waals surface area contributed by atoms with E-state index in [1.807, 2.05) is 32.0 Å². The first-order valence-electron chi connectivity index (χ1n) is 9.33. The summed E-state index contributed by atoms with van der Waals surface area (Å²) in [7, 11) is 1.74. The van der Waals surface area contributed by atoms with E-state index in [4.69, 9.17) is 4.74 Å². The average Bonchev–Trinajstić information content (AvgIpc) is 3.44. The van der Waals surface area contributed by atoms with Gasteiger partial charge in [-0.25, -0.2) is 9.37 Å². The molecule has 0 aliphatic heterocycles. The van der Waals surface area contributed by atoms with E-state index in [0.717, 1.165) is 36.5 Å². The van der Waals surface area contributed by atoms with Gasteiger partial charge >= 0.3 is 0 Å². The quantitative estimate of drug-likeness (QED) is 0.344. The van der Waals surface area contributed by atoms with Crippen LogP contribution in [0.5, 0.6) is 5.88 Å². The van der Waals surface area contributed by atoms with E-state index in [0.29, 0.717) is 12.4 Å². The standard InChI is InChI=1S/C21H27FN4O.HI/c1-15(2)27-19-8-7-16(12-24-19)13-25-20(23-3)26-14-21(9-10-21)17-5-4-6-18(22)11-17;/h4-8,11-12,15H,9-10,13-14H2,1-3H3,(H2,23,25,26);1H. The van der Waals surface area contributed by atoms with Gasteiger partial charge in [-0.1, -0.05) is 18.2 Å². The number of hydrogen-bond donors (Lipinski definition) is 2. The number of benzene rings is 1. The summed E-state index contributed by atoms with van der Waals surface area (Å²) in [4.78, 5) is 8.59. The molecule has 0 saturated heterocycles. The van der Waals surface area contributed by atoms with E-state index < -0.39 is 0 Å². The minimum atomic E-state index is -0.182. The number of pyridine rings is 1. The predicted octanol–water partition coefficient (Wildman–Crippen LogP) is 4.02. The van der Waals surface area contributed by atoms with E-state index in [1.165, 1.54) is 6.07 Å². The molecule has 0 spiro atoms. The first kappa shape index (κ1) is 22.4. The third kappa shape index (κ3) is 6.05. The van der Waals surface area contributed by atoms with Crippen LogP contribution in [0, 0.1) is 5.82 Å². The zero-order chi connectivity index (χ0) is 19.3. The van der Waals surface area contributed by atoms with Crippen LogP contribution >= 0.6 is 24.0 Å². The molecular formula is C21H28FIN4O. The molecule has 1 aliphatic carbocycles. The molecule has 0 radical (unpaired) electrons. The van der Waals surface area contributed by atoms with Crippen LogP contribution in [0.4, 0.5) is 4.39 Å². The zero-order valence-corrected chi connectivity index (χ0v) is 18.9. The number of ether oxygens (including phenoxy) is 1. The second-order valence-electron chi connectivity index (χ2n) is 7.24. The van der Waals surface area contributed by atoms with Gasteiger partial charge in [0.15, 0.2) is 5.96 Å². The minimum absolute atomic E-state index is 0. The Hall–Kier alpha value is -1.90. The van der Waals surface area contributed by atoms with Crippen LogP contribution in [0.2, 0.25) is 0 Å². The highest BCUT2D eigenvalue weighted by molar-refractivity contribution is 14.0. The summed E-state index contributed by atoms with van der Waals surface area (Å²) in [5.74, 6) is 1.17. The van der Waals surface area contributed by atoms with E-state index in [2.05, 4.69) is 20.6 Å². The Kier molecular flexibility index (Phi) is 8.03. The highest BCUT2D eigenvalue weighted by Crippen LogP contribution is 2.47. The van der Waals surface area contributed by atoms with Gasteiger partial charge in [0, 0.05) is 37.8 Å². The van der Waals surface area contributed by atoms with E-state index in [-0.39, 0.29) is 41.3 Å². The van der Waals surface area contributed by atoms with Crippen LogP contribution in [0.1, 0.15) is 37.8 Å². The van der Waals surface area contributed by atoms with Gasteiger partial charge in [0.25, 0.3) is 0 Å². The van der Waals surface area contributed by atoms with Crippen molar-refractivity contribution in [2.75, 3.05) is 13.6 Å². The first-order chi connectivity index (χ1) is 13.0.